The van der Waals surface area contributed by atoms with Crippen molar-refractivity contribution in [2.75, 3.05) is 20.1 Å². The van der Waals surface area contributed by atoms with Crippen LogP contribution < -0.4 is 10.6 Å². The van der Waals surface area contributed by atoms with E-state index in [0.29, 0.717) is 12.1 Å². The molecule has 0 aromatic carbocycles. The van der Waals surface area contributed by atoms with Gasteiger partial charge in [-0.05, 0) is 33.4 Å². The molecule has 0 bridgehead atoms. The summed E-state index contributed by atoms with van der Waals surface area (Å²) in [5.74, 6) is -0.0792. The highest BCUT2D eigenvalue weighted by Crippen LogP contribution is 2.22. The molecule has 0 aliphatic rings. The van der Waals surface area contributed by atoms with Crippen molar-refractivity contribution in [3.63, 3.8) is 0 Å². The second-order valence-electron chi connectivity index (χ2n) is 5.25. The number of amides is 1. The number of hydrogen-bond donors (Lipinski definition) is 2. The summed E-state index contributed by atoms with van der Waals surface area (Å²) in [6.07, 6.45) is 2.71. The number of halogens is 2. The number of nitrogens with zero attached hydrogens (tertiary/aromatic N) is 3. The smallest absolute Gasteiger partial charge is 0.252 e. The number of hydrogen-bond acceptors (Lipinski definition) is 4. The summed E-state index contributed by atoms with van der Waals surface area (Å²) in [7, 11) is 1.86. The molecular formula is C15H25Cl2N5O. The third-order valence-corrected chi connectivity index (χ3v) is 3.61. The zero-order chi connectivity index (χ0) is 15.4. The fraction of sp³-hybridized carbons (Fsp3) is 0.533. The topological polar surface area (TPSA) is 71.8 Å². The number of nitrogens with one attached hydrogen (secondary N) is 2. The van der Waals surface area contributed by atoms with E-state index in [1.54, 1.807) is 6.20 Å². The maximum atomic E-state index is 12.3. The minimum absolute atomic E-state index is 0. The van der Waals surface area contributed by atoms with Crippen molar-refractivity contribution >= 4 is 41.8 Å². The van der Waals surface area contributed by atoms with Crippen LogP contribution in [0.4, 0.5) is 0 Å². The Morgan fingerprint density at radius 3 is 2.65 bits per heavy atom. The van der Waals surface area contributed by atoms with E-state index < -0.39 is 0 Å². The Hall–Kier alpha value is -1.37. The molecule has 130 valence electrons. The quantitative estimate of drug-likeness (QED) is 0.775. The summed E-state index contributed by atoms with van der Waals surface area (Å²) in [4.78, 5) is 16.9. The number of carbonyl (C=O) groups is 1. The van der Waals surface area contributed by atoms with Crippen LogP contribution in [0.3, 0.4) is 0 Å². The number of likely N-dealkylation sites (N-methyl/N-ethyl adjacent to an activating group) is 1. The van der Waals surface area contributed by atoms with Crippen molar-refractivity contribution in [2.24, 2.45) is 0 Å². The van der Waals surface area contributed by atoms with Gasteiger partial charge in [0.15, 0.2) is 5.65 Å². The van der Waals surface area contributed by atoms with Crippen molar-refractivity contribution in [2.45, 2.75) is 33.2 Å². The van der Waals surface area contributed by atoms with Crippen LogP contribution in [0, 0.1) is 6.92 Å². The summed E-state index contributed by atoms with van der Waals surface area (Å²) in [6.45, 7) is 7.45. The monoisotopic (exact) mass is 361 g/mol. The molecule has 0 saturated carbocycles. The van der Waals surface area contributed by atoms with Crippen molar-refractivity contribution in [1.82, 2.24) is 25.4 Å². The maximum absolute atomic E-state index is 12.3. The standard InChI is InChI=1S/C15H23N5O.2ClH/c1-5-11(3)20-14-13(9-18-20)12(8-10(2)19-14)15(21)17-7-6-16-4;;/h8-9,11,16H,5-7H2,1-4H3,(H,17,21);2*1H. The van der Waals surface area contributed by atoms with Gasteiger partial charge in [-0.15, -0.1) is 24.8 Å². The molecule has 0 aliphatic heterocycles. The average Bonchev–Trinajstić information content (AvgIpc) is 2.89. The molecule has 2 aromatic heterocycles. The number of fused-ring (bicyclic) bond motifs is 1. The Morgan fingerprint density at radius 2 is 2.04 bits per heavy atom. The summed E-state index contributed by atoms with van der Waals surface area (Å²) >= 11 is 0. The highest BCUT2D eigenvalue weighted by molar-refractivity contribution is 6.05. The van der Waals surface area contributed by atoms with Crippen molar-refractivity contribution in [3.05, 3.63) is 23.5 Å². The second-order valence-corrected chi connectivity index (χ2v) is 5.25. The number of rotatable bonds is 6. The molecule has 8 heteroatoms. The van der Waals surface area contributed by atoms with Gasteiger partial charge in [0, 0.05) is 18.8 Å². The molecule has 2 rings (SSSR count). The highest BCUT2D eigenvalue weighted by atomic mass is 35.5. The van der Waals surface area contributed by atoms with Crippen molar-refractivity contribution in [3.8, 4) is 0 Å². The first kappa shape index (κ1) is 21.6. The average molecular weight is 362 g/mol. The van der Waals surface area contributed by atoms with E-state index in [1.165, 1.54) is 0 Å². The molecule has 1 unspecified atom stereocenters. The zero-order valence-electron chi connectivity index (χ0n) is 13.9. The molecular weight excluding hydrogens is 337 g/mol. The lowest BCUT2D eigenvalue weighted by Gasteiger charge is -2.11. The lowest BCUT2D eigenvalue weighted by molar-refractivity contribution is 0.0955. The Morgan fingerprint density at radius 1 is 1.35 bits per heavy atom. The third-order valence-electron chi connectivity index (χ3n) is 3.61. The van der Waals surface area contributed by atoms with E-state index in [2.05, 4.69) is 34.6 Å². The summed E-state index contributed by atoms with van der Waals surface area (Å²) in [5.41, 5.74) is 2.25. The fourth-order valence-electron chi connectivity index (χ4n) is 2.22. The summed E-state index contributed by atoms with van der Waals surface area (Å²) < 4.78 is 1.90. The Kier molecular flexibility index (Phi) is 9.12. The van der Waals surface area contributed by atoms with Crippen LogP contribution in [0.2, 0.25) is 0 Å². The van der Waals surface area contributed by atoms with Crippen molar-refractivity contribution in [1.29, 1.82) is 0 Å². The van der Waals surface area contributed by atoms with Gasteiger partial charge in [0.25, 0.3) is 5.91 Å². The fourth-order valence-corrected chi connectivity index (χ4v) is 2.22. The third kappa shape index (κ3) is 4.80. The van der Waals surface area contributed by atoms with E-state index in [0.717, 1.165) is 29.7 Å². The molecule has 2 N–H and O–H groups in total. The first-order valence-corrected chi connectivity index (χ1v) is 7.36. The van der Waals surface area contributed by atoms with E-state index in [1.807, 2.05) is 24.7 Å². The molecule has 2 heterocycles. The first-order valence-electron chi connectivity index (χ1n) is 7.36. The second kappa shape index (κ2) is 9.70. The van der Waals surface area contributed by atoms with Gasteiger partial charge in [-0.3, -0.25) is 4.79 Å². The minimum Gasteiger partial charge on any atom is -0.351 e. The van der Waals surface area contributed by atoms with Crippen molar-refractivity contribution < 1.29 is 4.79 Å². The van der Waals surface area contributed by atoms with Crippen LogP contribution in [0.5, 0.6) is 0 Å². The van der Waals surface area contributed by atoms with Crippen LogP contribution >= 0.6 is 24.8 Å². The van der Waals surface area contributed by atoms with E-state index in [9.17, 15) is 4.79 Å². The Bertz CT molecular complexity index is 644. The zero-order valence-corrected chi connectivity index (χ0v) is 15.6. The molecule has 0 saturated heterocycles. The lowest BCUT2D eigenvalue weighted by Crippen LogP contribution is -2.30. The van der Waals surface area contributed by atoms with Gasteiger partial charge in [0.05, 0.1) is 23.2 Å². The van der Waals surface area contributed by atoms with Gasteiger partial charge in [-0.1, -0.05) is 6.92 Å². The number of carbonyl (C=O) groups excluding carboxylic acids is 1. The molecule has 1 atom stereocenters. The molecule has 0 fully saturated rings. The SMILES string of the molecule is CCC(C)n1ncc2c(C(=O)NCCNC)cc(C)nc21.Cl.Cl. The molecule has 23 heavy (non-hydrogen) atoms. The molecule has 1 amide bonds. The first-order chi connectivity index (χ1) is 10.1. The lowest BCUT2D eigenvalue weighted by atomic mass is 10.1. The van der Waals surface area contributed by atoms with Gasteiger partial charge in [-0.2, -0.15) is 5.10 Å². The molecule has 6 nitrogen and oxygen atoms in total. The van der Waals surface area contributed by atoms with E-state index in [4.69, 9.17) is 0 Å². The normalized spacial score (nSPS) is 11.5. The van der Waals surface area contributed by atoms with Crippen LogP contribution in [-0.4, -0.2) is 40.8 Å². The van der Waals surface area contributed by atoms with Gasteiger partial charge in [-0.25, -0.2) is 9.67 Å². The molecule has 0 spiro atoms. The molecule has 2 aromatic rings. The minimum atomic E-state index is -0.0792. The molecule has 0 radical (unpaired) electrons. The van der Waals surface area contributed by atoms with Crippen LogP contribution in [0.25, 0.3) is 11.0 Å². The number of aryl methyl sites for hydroxylation is 1. The predicted octanol–water partition coefficient (Wildman–Crippen LogP) is 2.50. The van der Waals surface area contributed by atoms with Crippen LogP contribution in [-0.2, 0) is 0 Å². The Balaban J connectivity index is 0.00000242. The largest absolute Gasteiger partial charge is 0.351 e. The van der Waals surface area contributed by atoms with Gasteiger partial charge in [0.1, 0.15) is 0 Å². The number of aromatic nitrogens is 3. The van der Waals surface area contributed by atoms with Gasteiger partial charge >= 0.3 is 0 Å². The van der Waals surface area contributed by atoms with E-state index in [-0.39, 0.29) is 36.8 Å². The summed E-state index contributed by atoms with van der Waals surface area (Å²) in [5, 5.41) is 11.1. The van der Waals surface area contributed by atoms with Crippen LogP contribution in [0.1, 0.15) is 42.4 Å². The van der Waals surface area contributed by atoms with Crippen LogP contribution in [0.15, 0.2) is 12.3 Å². The maximum Gasteiger partial charge on any atom is 0.252 e. The van der Waals surface area contributed by atoms with Gasteiger partial charge in [0.2, 0.25) is 0 Å². The summed E-state index contributed by atoms with van der Waals surface area (Å²) in [6, 6.07) is 2.08. The predicted molar refractivity (Wildman–Crippen MR) is 98.0 cm³/mol. The Labute approximate surface area is 149 Å². The highest BCUT2D eigenvalue weighted by Gasteiger charge is 2.17. The van der Waals surface area contributed by atoms with E-state index >= 15 is 0 Å². The van der Waals surface area contributed by atoms with Gasteiger partial charge < -0.3 is 10.6 Å². The number of pyridine rings is 1. The molecule has 0 aliphatic carbocycles.